The van der Waals surface area contributed by atoms with Gasteiger partial charge in [0.2, 0.25) is 0 Å². The highest BCUT2D eigenvalue weighted by Crippen LogP contribution is 2.28. The van der Waals surface area contributed by atoms with Crippen LogP contribution in [0.15, 0.2) is 22.7 Å². The second-order valence-corrected chi connectivity index (χ2v) is 7.04. The van der Waals surface area contributed by atoms with Crippen molar-refractivity contribution >= 4 is 45.1 Å². The number of aromatic amines is 1. The van der Waals surface area contributed by atoms with Crippen LogP contribution in [0, 0.1) is 5.41 Å². The van der Waals surface area contributed by atoms with Gasteiger partial charge >= 0.3 is 0 Å². The van der Waals surface area contributed by atoms with Crippen LogP contribution in [0.4, 0.5) is 0 Å². The van der Waals surface area contributed by atoms with Crippen molar-refractivity contribution in [1.82, 2.24) is 20.8 Å². The van der Waals surface area contributed by atoms with Gasteiger partial charge in [-0.2, -0.15) is 5.10 Å². The molecule has 0 spiro atoms. The molecule has 2 aromatic rings. The normalized spacial score (nSPS) is 16.6. The molecule has 6 nitrogen and oxygen atoms in total. The Balaban J connectivity index is 0.00000208. The molecule has 1 fully saturated rings. The summed E-state index contributed by atoms with van der Waals surface area (Å²) >= 11 is 3.43. The summed E-state index contributed by atoms with van der Waals surface area (Å²) < 4.78 is 6.31. The first-order chi connectivity index (χ1) is 11.1. The molecular weight excluding hydrogens is 396 g/mol. The molecule has 2 heterocycles. The fraction of sp³-hybridized carbons (Fsp3) is 0.500. The predicted molar refractivity (Wildman–Crippen MR) is 99.8 cm³/mol. The van der Waals surface area contributed by atoms with Crippen LogP contribution in [0.2, 0.25) is 0 Å². The van der Waals surface area contributed by atoms with Gasteiger partial charge in [0.25, 0.3) is 5.91 Å². The molecule has 3 rings (SSSR count). The summed E-state index contributed by atoms with van der Waals surface area (Å²) in [6.45, 7) is 3.17. The fourth-order valence-electron chi connectivity index (χ4n) is 3.15. The average molecular weight is 418 g/mol. The van der Waals surface area contributed by atoms with E-state index < -0.39 is 0 Å². The second kappa shape index (κ2) is 8.29. The number of rotatable bonds is 5. The Labute approximate surface area is 155 Å². The van der Waals surface area contributed by atoms with Crippen molar-refractivity contribution < 1.29 is 9.53 Å². The van der Waals surface area contributed by atoms with E-state index in [1.54, 1.807) is 7.11 Å². The first kappa shape index (κ1) is 19.2. The molecule has 1 amide bonds. The van der Waals surface area contributed by atoms with Crippen LogP contribution in [0.1, 0.15) is 23.3 Å². The molecule has 0 bridgehead atoms. The zero-order valence-corrected chi connectivity index (χ0v) is 15.9. The van der Waals surface area contributed by atoms with Crippen molar-refractivity contribution in [3.63, 3.8) is 0 Å². The molecule has 0 radical (unpaired) electrons. The summed E-state index contributed by atoms with van der Waals surface area (Å²) in [5.74, 6) is -0.150. The fourth-order valence-corrected chi connectivity index (χ4v) is 3.51. The number of hydrogen-bond acceptors (Lipinski definition) is 4. The molecule has 1 aliphatic heterocycles. The number of hydrogen-bond donors (Lipinski definition) is 3. The summed E-state index contributed by atoms with van der Waals surface area (Å²) in [6.07, 6.45) is 1.99. The minimum atomic E-state index is -0.150. The third kappa shape index (κ3) is 4.08. The Kier molecular flexibility index (Phi) is 6.62. The third-order valence-corrected chi connectivity index (χ3v) is 4.97. The number of ether oxygens (including phenoxy) is 1. The van der Waals surface area contributed by atoms with E-state index in [1.807, 2.05) is 18.2 Å². The molecule has 0 unspecified atom stereocenters. The van der Waals surface area contributed by atoms with Crippen LogP contribution in [-0.4, -0.2) is 49.5 Å². The number of piperidine rings is 1. The van der Waals surface area contributed by atoms with Gasteiger partial charge in [0.15, 0.2) is 5.69 Å². The lowest BCUT2D eigenvalue weighted by molar-refractivity contribution is 0.0511. The van der Waals surface area contributed by atoms with Crippen LogP contribution in [0.5, 0.6) is 0 Å². The summed E-state index contributed by atoms with van der Waals surface area (Å²) in [5.41, 5.74) is 1.29. The van der Waals surface area contributed by atoms with Gasteiger partial charge in [-0.3, -0.25) is 9.89 Å². The van der Waals surface area contributed by atoms with Crippen molar-refractivity contribution in [2.45, 2.75) is 12.8 Å². The lowest BCUT2D eigenvalue weighted by Crippen LogP contribution is -2.47. The number of amides is 1. The van der Waals surface area contributed by atoms with E-state index in [0.29, 0.717) is 18.8 Å². The Bertz CT molecular complexity index is 695. The Hall–Kier alpha value is -1.15. The van der Waals surface area contributed by atoms with Crippen molar-refractivity contribution in [2.24, 2.45) is 5.41 Å². The van der Waals surface area contributed by atoms with Crippen LogP contribution in [0.3, 0.4) is 0 Å². The van der Waals surface area contributed by atoms with Crippen molar-refractivity contribution in [3.8, 4) is 0 Å². The molecular formula is C16H22BrClN4O2. The van der Waals surface area contributed by atoms with Crippen molar-refractivity contribution in [2.75, 3.05) is 33.4 Å². The molecule has 1 aliphatic rings. The number of methoxy groups -OCH3 is 1. The Morgan fingerprint density at radius 2 is 2.17 bits per heavy atom. The standard InChI is InChI=1S/C16H21BrN4O2.ClH/c1-23-10-16(4-6-18-7-5-16)9-19-15(22)14-12-8-11(17)2-3-13(12)20-21-14;/h2-3,8,18H,4-7,9-10H2,1H3,(H,19,22)(H,20,21);1H. The average Bonchev–Trinajstić information content (AvgIpc) is 2.97. The highest BCUT2D eigenvalue weighted by atomic mass is 79.9. The molecule has 24 heavy (non-hydrogen) atoms. The van der Waals surface area contributed by atoms with Crippen LogP contribution in [-0.2, 0) is 4.74 Å². The van der Waals surface area contributed by atoms with E-state index in [4.69, 9.17) is 4.74 Å². The number of nitrogens with zero attached hydrogens (tertiary/aromatic N) is 1. The number of halogens is 2. The number of aromatic nitrogens is 2. The van der Waals surface area contributed by atoms with Crippen LogP contribution < -0.4 is 10.6 Å². The molecule has 8 heteroatoms. The smallest absolute Gasteiger partial charge is 0.272 e. The van der Waals surface area contributed by atoms with Crippen molar-refractivity contribution in [3.05, 3.63) is 28.4 Å². The Morgan fingerprint density at radius 1 is 1.42 bits per heavy atom. The summed E-state index contributed by atoms with van der Waals surface area (Å²) in [5, 5.41) is 14.3. The molecule has 0 saturated carbocycles. The minimum Gasteiger partial charge on any atom is -0.384 e. The number of carbonyl (C=O) groups is 1. The van der Waals surface area contributed by atoms with Gasteiger partial charge in [0.1, 0.15) is 0 Å². The molecule has 132 valence electrons. The molecule has 3 N–H and O–H groups in total. The SMILES string of the molecule is COCC1(CNC(=O)c2n[nH]c3ccc(Br)cc23)CCNCC1.Cl. The first-order valence-electron chi connectivity index (χ1n) is 7.75. The highest BCUT2D eigenvalue weighted by Gasteiger charge is 2.32. The number of fused-ring (bicyclic) bond motifs is 1. The van der Waals surface area contributed by atoms with E-state index in [1.165, 1.54) is 0 Å². The quantitative estimate of drug-likeness (QED) is 0.698. The zero-order chi connectivity index (χ0) is 16.3. The molecule has 1 aromatic carbocycles. The van der Waals surface area contributed by atoms with E-state index in [9.17, 15) is 4.79 Å². The summed E-state index contributed by atoms with van der Waals surface area (Å²) in [6, 6.07) is 5.73. The molecule has 1 saturated heterocycles. The zero-order valence-electron chi connectivity index (χ0n) is 13.5. The molecule has 0 atom stereocenters. The monoisotopic (exact) mass is 416 g/mol. The number of benzene rings is 1. The van der Waals surface area contributed by atoms with Gasteiger partial charge in [-0.05, 0) is 44.1 Å². The van der Waals surface area contributed by atoms with E-state index >= 15 is 0 Å². The Morgan fingerprint density at radius 3 is 2.88 bits per heavy atom. The summed E-state index contributed by atoms with van der Waals surface area (Å²) in [7, 11) is 1.71. The second-order valence-electron chi connectivity index (χ2n) is 6.13. The lowest BCUT2D eigenvalue weighted by atomic mass is 9.79. The maximum atomic E-state index is 12.6. The van der Waals surface area contributed by atoms with E-state index in [-0.39, 0.29) is 23.7 Å². The number of H-pyrrole nitrogens is 1. The predicted octanol–water partition coefficient (Wildman–Crippen LogP) is 2.49. The highest BCUT2D eigenvalue weighted by molar-refractivity contribution is 9.10. The number of carbonyl (C=O) groups excluding carboxylic acids is 1. The maximum Gasteiger partial charge on any atom is 0.272 e. The summed E-state index contributed by atoms with van der Waals surface area (Å²) in [4.78, 5) is 12.6. The van der Waals surface area contributed by atoms with Gasteiger partial charge in [-0.1, -0.05) is 15.9 Å². The minimum absolute atomic E-state index is 0. The first-order valence-corrected chi connectivity index (χ1v) is 8.54. The van der Waals surface area contributed by atoms with Gasteiger partial charge in [-0.15, -0.1) is 12.4 Å². The largest absolute Gasteiger partial charge is 0.384 e. The lowest BCUT2D eigenvalue weighted by Gasteiger charge is -2.37. The van der Waals surface area contributed by atoms with Gasteiger partial charge in [0, 0.05) is 28.9 Å². The van der Waals surface area contributed by atoms with Crippen LogP contribution in [0.25, 0.3) is 10.9 Å². The van der Waals surface area contributed by atoms with Gasteiger partial charge in [-0.25, -0.2) is 0 Å². The molecule has 1 aromatic heterocycles. The third-order valence-electron chi connectivity index (χ3n) is 4.48. The van der Waals surface area contributed by atoms with E-state index in [0.717, 1.165) is 41.3 Å². The van der Waals surface area contributed by atoms with Gasteiger partial charge in [0.05, 0.1) is 12.1 Å². The number of nitrogens with one attached hydrogen (secondary N) is 3. The van der Waals surface area contributed by atoms with Crippen molar-refractivity contribution in [1.29, 1.82) is 0 Å². The molecule has 0 aliphatic carbocycles. The maximum absolute atomic E-state index is 12.6. The van der Waals surface area contributed by atoms with E-state index in [2.05, 4.69) is 36.8 Å². The van der Waals surface area contributed by atoms with Gasteiger partial charge < -0.3 is 15.4 Å². The topological polar surface area (TPSA) is 79.0 Å². The van der Waals surface area contributed by atoms with Crippen LogP contribution >= 0.6 is 28.3 Å².